The van der Waals surface area contributed by atoms with Gasteiger partial charge in [-0.3, -0.25) is 0 Å². The lowest BCUT2D eigenvalue weighted by atomic mass is 10.1. The second kappa shape index (κ2) is 8.34. The summed E-state index contributed by atoms with van der Waals surface area (Å²) in [5.41, 5.74) is 1.62. The van der Waals surface area contributed by atoms with Crippen LogP contribution in [0.4, 0.5) is 0 Å². The largest absolute Gasteiger partial charge is 0.308 e. The molecule has 2 aromatic carbocycles. The molecule has 8 nitrogen and oxygen atoms in total. The summed E-state index contributed by atoms with van der Waals surface area (Å²) in [5, 5.41) is 7.16. The molecule has 1 saturated heterocycles. The molecule has 1 fully saturated rings. The van der Waals surface area contributed by atoms with Crippen molar-refractivity contribution in [1.29, 1.82) is 0 Å². The van der Waals surface area contributed by atoms with Gasteiger partial charge in [0.05, 0.1) is 10.1 Å². The molecule has 1 aliphatic heterocycles. The Labute approximate surface area is 186 Å². The van der Waals surface area contributed by atoms with Crippen molar-refractivity contribution in [2.75, 3.05) is 13.1 Å². The molecule has 0 N–H and O–H groups in total. The maximum atomic E-state index is 13.2. The summed E-state index contributed by atoms with van der Waals surface area (Å²) in [7, 11) is -5.85. The van der Waals surface area contributed by atoms with E-state index in [0.717, 1.165) is 11.1 Å². The van der Waals surface area contributed by atoms with Crippen LogP contribution in [0.1, 0.15) is 12.8 Å². The molecule has 0 unspecified atom stereocenters. The summed E-state index contributed by atoms with van der Waals surface area (Å²) in [6.07, 6.45) is 1.73. The molecule has 0 atom stereocenters. The zero-order valence-electron chi connectivity index (χ0n) is 16.7. The highest BCUT2D eigenvalue weighted by Crippen LogP contribution is 2.29. The van der Waals surface area contributed by atoms with E-state index in [-0.39, 0.29) is 36.0 Å². The van der Waals surface area contributed by atoms with Gasteiger partial charge in [-0.25, -0.2) is 16.8 Å². The average Bonchev–Trinajstić information content (AvgIpc) is 3.21. The lowest BCUT2D eigenvalue weighted by Crippen LogP contribution is -2.42. The predicted molar refractivity (Wildman–Crippen MR) is 117 cm³/mol. The third-order valence-corrected chi connectivity index (χ3v) is 9.79. The first-order valence-corrected chi connectivity index (χ1v) is 13.0. The Morgan fingerprint density at radius 2 is 1.65 bits per heavy atom. The van der Waals surface area contributed by atoms with Crippen LogP contribution in [0.25, 0.3) is 11.1 Å². The van der Waals surface area contributed by atoms with Crippen molar-refractivity contribution in [2.45, 2.75) is 28.1 Å². The topological polar surface area (TPSA) is 102 Å². The molecule has 31 heavy (non-hydrogen) atoms. The monoisotopic (exact) mass is 480 g/mol. The average molecular weight is 481 g/mol. The van der Waals surface area contributed by atoms with E-state index >= 15 is 0 Å². The Morgan fingerprint density at radius 3 is 2.26 bits per heavy atom. The van der Waals surface area contributed by atoms with Crippen molar-refractivity contribution in [1.82, 2.24) is 19.1 Å². The van der Waals surface area contributed by atoms with Crippen molar-refractivity contribution >= 4 is 31.5 Å². The van der Waals surface area contributed by atoms with Crippen LogP contribution in [0.5, 0.6) is 0 Å². The van der Waals surface area contributed by atoms with E-state index in [9.17, 15) is 16.8 Å². The van der Waals surface area contributed by atoms with Crippen LogP contribution in [0.2, 0.25) is 5.02 Å². The van der Waals surface area contributed by atoms with Crippen LogP contribution in [-0.4, -0.2) is 54.2 Å². The van der Waals surface area contributed by atoms with Crippen molar-refractivity contribution in [2.24, 2.45) is 7.05 Å². The molecule has 3 aromatic rings. The summed E-state index contributed by atoms with van der Waals surface area (Å²) < 4.78 is 54.7. The first-order valence-electron chi connectivity index (χ1n) is 9.63. The van der Waals surface area contributed by atoms with Gasteiger partial charge >= 0.3 is 0 Å². The molecule has 0 radical (unpaired) electrons. The van der Waals surface area contributed by atoms with Gasteiger partial charge in [-0.05, 0) is 48.2 Å². The second-order valence-corrected chi connectivity index (χ2v) is 11.9. The molecular formula is C20H21ClN4O4S2. The first kappa shape index (κ1) is 21.9. The lowest BCUT2D eigenvalue weighted by Gasteiger charge is -2.30. The Kier molecular flexibility index (Phi) is 5.91. The number of aromatic nitrogens is 3. The molecule has 11 heteroatoms. The minimum absolute atomic E-state index is 0.0931. The fraction of sp³-hybridized carbons (Fsp3) is 0.300. The van der Waals surface area contributed by atoms with E-state index in [0.29, 0.717) is 5.02 Å². The number of aryl methyl sites for hydroxylation is 1. The highest BCUT2D eigenvalue weighted by atomic mass is 35.5. The van der Waals surface area contributed by atoms with E-state index in [1.54, 1.807) is 37.4 Å². The Balaban J connectivity index is 1.53. The van der Waals surface area contributed by atoms with Gasteiger partial charge in [0.1, 0.15) is 6.33 Å². The molecule has 2 heterocycles. The predicted octanol–water partition coefficient (Wildman–Crippen LogP) is 2.76. The van der Waals surface area contributed by atoms with Crippen LogP contribution in [-0.2, 0) is 26.9 Å². The Bertz CT molecular complexity index is 1300. The van der Waals surface area contributed by atoms with Gasteiger partial charge in [0.15, 0.2) is 0 Å². The van der Waals surface area contributed by atoms with Gasteiger partial charge < -0.3 is 4.57 Å². The summed E-state index contributed by atoms with van der Waals surface area (Å²) in [6.45, 7) is 0.241. The van der Waals surface area contributed by atoms with Crippen molar-refractivity contribution < 1.29 is 16.8 Å². The maximum Gasteiger partial charge on any atom is 0.249 e. The van der Waals surface area contributed by atoms with E-state index < -0.39 is 25.1 Å². The zero-order chi connectivity index (χ0) is 22.2. The molecule has 1 aliphatic rings. The molecule has 0 spiro atoms. The second-order valence-electron chi connectivity index (χ2n) is 7.41. The summed E-state index contributed by atoms with van der Waals surface area (Å²) in [5.74, 6) is 0. The number of benzene rings is 2. The van der Waals surface area contributed by atoms with E-state index in [2.05, 4.69) is 10.2 Å². The number of hydrogen-bond acceptors (Lipinski definition) is 6. The molecule has 0 amide bonds. The standard InChI is InChI=1S/C20H21ClN4O4S2/c1-24-14-22-23-20(24)30(26,27)18-9-11-25(12-10-18)31(28,29)19-4-2-3-16(13-19)15-5-7-17(21)8-6-15/h2-8,13-14,18H,9-12H2,1H3. The highest BCUT2D eigenvalue weighted by molar-refractivity contribution is 7.92. The molecule has 164 valence electrons. The summed E-state index contributed by atoms with van der Waals surface area (Å²) >= 11 is 5.94. The normalized spacial score (nSPS) is 16.5. The number of nitrogens with zero attached hydrogens (tertiary/aromatic N) is 4. The van der Waals surface area contributed by atoms with E-state index in [4.69, 9.17) is 11.6 Å². The molecule has 0 aliphatic carbocycles. The van der Waals surface area contributed by atoms with E-state index in [1.165, 1.54) is 15.2 Å². The molecule has 0 saturated carbocycles. The quantitative estimate of drug-likeness (QED) is 0.556. The molecule has 4 rings (SSSR count). The minimum Gasteiger partial charge on any atom is -0.308 e. The summed E-state index contributed by atoms with van der Waals surface area (Å²) in [4.78, 5) is 0.176. The molecule has 1 aromatic heterocycles. The fourth-order valence-electron chi connectivity index (χ4n) is 3.69. The van der Waals surface area contributed by atoms with Gasteiger partial charge in [-0.15, -0.1) is 10.2 Å². The lowest BCUT2D eigenvalue weighted by molar-refractivity contribution is 0.344. The Morgan fingerprint density at radius 1 is 0.968 bits per heavy atom. The fourth-order valence-corrected chi connectivity index (χ4v) is 7.07. The Hall–Kier alpha value is -2.27. The highest BCUT2D eigenvalue weighted by Gasteiger charge is 2.37. The third kappa shape index (κ3) is 4.25. The summed E-state index contributed by atoms with van der Waals surface area (Å²) in [6, 6.07) is 13.9. The van der Waals surface area contributed by atoms with Crippen LogP contribution in [0.15, 0.2) is 64.9 Å². The van der Waals surface area contributed by atoms with Gasteiger partial charge in [0.2, 0.25) is 25.0 Å². The zero-order valence-corrected chi connectivity index (χ0v) is 19.1. The van der Waals surface area contributed by atoms with Gasteiger partial charge in [-0.1, -0.05) is 35.9 Å². The number of piperidine rings is 1. The third-order valence-electron chi connectivity index (χ3n) is 5.41. The van der Waals surface area contributed by atoms with Crippen LogP contribution in [0.3, 0.4) is 0 Å². The van der Waals surface area contributed by atoms with Crippen molar-refractivity contribution in [3.8, 4) is 11.1 Å². The number of sulfone groups is 1. The number of sulfonamides is 1. The molecule has 0 bridgehead atoms. The van der Waals surface area contributed by atoms with E-state index in [1.807, 2.05) is 18.2 Å². The van der Waals surface area contributed by atoms with Crippen LogP contribution < -0.4 is 0 Å². The molecular weight excluding hydrogens is 460 g/mol. The maximum absolute atomic E-state index is 13.2. The van der Waals surface area contributed by atoms with Gasteiger partial charge in [0.25, 0.3) is 0 Å². The van der Waals surface area contributed by atoms with Crippen LogP contribution >= 0.6 is 11.6 Å². The van der Waals surface area contributed by atoms with Gasteiger partial charge in [-0.2, -0.15) is 4.31 Å². The number of rotatable bonds is 5. The SMILES string of the molecule is Cn1cnnc1S(=O)(=O)C1CCN(S(=O)(=O)c2cccc(-c3ccc(Cl)cc3)c2)CC1. The van der Waals surface area contributed by atoms with Crippen molar-refractivity contribution in [3.05, 3.63) is 59.9 Å². The first-order chi connectivity index (χ1) is 14.7. The van der Waals surface area contributed by atoms with Gasteiger partial charge in [0, 0.05) is 25.2 Å². The smallest absolute Gasteiger partial charge is 0.249 e. The van der Waals surface area contributed by atoms with Crippen LogP contribution in [0, 0.1) is 0 Å². The number of halogens is 1. The minimum atomic E-state index is -3.75. The van der Waals surface area contributed by atoms with Crippen molar-refractivity contribution in [3.63, 3.8) is 0 Å². The number of hydrogen-bond donors (Lipinski definition) is 0.